The van der Waals surface area contributed by atoms with Gasteiger partial charge in [0.15, 0.2) is 11.6 Å². The van der Waals surface area contributed by atoms with Gasteiger partial charge in [0.1, 0.15) is 6.61 Å². The fraction of sp³-hybridized carbons (Fsp3) is 0.455. The maximum absolute atomic E-state index is 13.2. The van der Waals surface area contributed by atoms with Crippen molar-refractivity contribution in [1.82, 2.24) is 0 Å². The first-order valence-corrected chi connectivity index (χ1v) is 4.86. The first-order valence-electron chi connectivity index (χ1n) is 4.86. The normalized spacial score (nSPS) is 19.9. The Morgan fingerprint density at radius 2 is 2.29 bits per heavy atom. The molecule has 1 aromatic carbocycles. The van der Waals surface area contributed by atoms with Crippen LogP contribution in [-0.4, -0.2) is 12.6 Å². The van der Waals surface area contributed by atoms with E-state index in [0.29, 0.717) is 18.3 Å². The van der Waals surface area contributed by atoms with E-state index in [1.54, 1.807) is 6.07 Å². The minimum atomic E-state index is -0.294. The summed E-state index contributed by atoms with van der Waals surface area (Å²) >= 11 is 0. The summed E-state index contributed by atoms with van der Waals surface area (Å²) in [6.45, 7) is 4.77. The predicted octanol–water partition coefficient (Wildman–Crippen LogP) is 2.65. The fourth-order valence-electron chi connectivity index (χ4n) is 1.54. The van der Waals surface area contributed by atoms with Gasteiger partial charge in [-0.1, -0.05) is 19.9 Å². The van der Waals surface area contributed by atoms with Crippen LogP contribution in [0, 0.1) is 11.7 Å². The number of anilines is 1. The van der Waals surface area contributed by atoms with Gasteiger partial charge in [0, 0.05) is 0 Å². The van der Waals surface area contributed by atoms with Gasteiger partial charge in [-0.15, -0.1) is 0 Å². The van der Waals surface area contributed by atoms with Gasteiger partial charge in [-0.05, 0) is 18.1 Å². The highest BCUT2D eigenvalue weighted by Gasteiger charge is 2.23. The summed E-state index contributed by atoms with van der Waals surface area (Å²) in [5, 5.41) is 3.27. The quantitative estimate of drug-likeness (QED) is 0.743. The second-order valence-electron chi connectivity index (χ2n) is 3.92. The number of para-hydroxylation sites is 1. The SMILES string of the molecule is CC(C)C1COc2c(F)cccc2N1. The van der Waals surface area contributed by atoms with Crippen molar-refractivity contribution in [3.63, 3.8) is 0 Å². The van der Waals surface area contributed by atoms with E-state index in [1.807, 2.05) is 6.07 Å². The lowest BCUT2D eigenvalue weighted by atomic mass is 10.0. The zero-order valence-corrected chi connectivity index (χ0v) is 8.38. The van der Waals surface area contributed by atoms with E-state index in [4.69, 9.17) is 4.74 Å². The van der Waals surface area contributed by atoms with Crippen molar-refractivity contribution < 1.29 is 9.13 Å². The third kappa shape index (κ3) is 1.54. The van der Waals surface area contributed by atoms with Crippen molar-refractivity contribution in [1.29, 1.82) is 0 Å². The van der Waals surface area contributed by atoms with Crippen LogP contribution in [-0.2, 0) is 0 Å². The molecule has 1 N–H and O–H groups in total. The highest BCUT2D eigenvalue weighted by Crippen LogP contribution is 2.32. The van der Waals surface area contributed by atoms with Gasteiger partial charge in [-0.2, -0.15) is 0 Å². The minimum absolute atomic E-state index is 0.268. The Morgan fingerprint density at radius 1 is 1.50 bits per heavy atom. The van der Waals surface area contributed by atoms with Crippen LogP contribution in [0.2, 0.25) is 0 Å². The van der Waals surface area contributed by atoms with E-state index in [1.165, 1.54) is 6.07 Å². The van der Waals surface area contributed by atoms with Gasteiger partial charge in [-0.3, -0.25) is 0 Å². The molecule has 0 bridgehead atoms. The lowest BCUT2D eigenvalue weighted by molar-refractivity contribution is 0.246. The zero-order valence-electron chi connectivity index (χ0n) is 8.38. The summed E-state index contributed by atoms with van der Waals surface area (Å²) in [5.74, 6) is 0.535. The molecular formula is C11H14FNO. The lowest BCUT2D eigenvalue weighted by Gasteiger charge is -2.30. The number of nitrogens with one attached hydrogen (secondary N) is 1. The number of ether oxygens (including phenoxy) is 1. The second kappa shape index (κ2) is 3.48. The Labute approximate surface area is 83.1 Å². The number of hydrogen-bond donors (Lipinski definition) is 1. The molecule has 1 heterocycles. The molecule has 14 heavy (non-hydrogen) atoms. The molecule has 0 radical (unpaired) electrons. The van der Waals surface area contributed by atoms with E-state index < -0.39 is 0 Å². The number of halogens is 1. The van der Waals surface area contributed by atoms with Gasteiger partial charge in [0.2, 0.25) is 0 Å². The summed E-state index contributed by atoms with van der Waals surface area (Å²) in [6, 6.07) is 5.21. The second-order valence-corrected chi connectivity index (χ2v) is 3.92. The highest BCUT2D eigenvalue weighted by atomic mass is 19.1. The Morgan fingerprint density at radius 3 is 3.00 bits per heavy atom. The third-order valence-corrected chi connectivity index (χ3v) is 2.52. The monoisotopic (exact) mass is 195 g/mol. The summed E-state index contributed by atoms with van der Waals surface area (Å²) < 4.78 is 18.6. The van der Waals surface area contributed by atoms with E-state index in [9.17, 15) is 4.39 Å². The smallest absolute Gasteiger partial charge is 0.178 e. The maximum atomic E-state index is 13.2. The molecule has 0 fully saturated rings. The number of hydrogen-bond acceptors (Lipinski definition) is 2. The molecule has 2 rings (SSSR count). The Balaban J connectivity index is 2.27. The molecule has 1 aliphatic rings. The van der Waals surface area contributed by atoms with Gasteiger partial charge in [-0.25, -0.2) is 4.39 Å². The topological polar surface area (TPSA) is 21.3 Å². The summed E-state index contributed by atoms with van der Waals surface area (Å²) in [4.78, 5) is 0. The van der Waals surface area contributed by atoms with Crippen molar-refractivity contribution in [2.45, 2.75) is 19.9 Å². The molecule has 1 aliphatic heterocycles. The fourth-order valence-corrected chi connectivity index (χ4v) is 1.54. The molecule has 0 aliphatic carbocycles. The number of rotatable bonds is 1. The Bertz CT molecular complexity index is 338. The van der Waals surface area contributed by atoms with Crippen LogP contribution in [0.25, 0.3) is 0 Å². The number of benzene rings is 1. The molecule has 0 amide bonds. The van der Waals surface area contributed by atoms with Crippen LogP contribution < -0.4 is 10.1 Å². The molecule has 1 aromatic rings. The predicted molar refractivity (Wildman–Crippen MR) is 54.1 cm³/mol. The van der Waals surface area contributed by atoms with Crippen molar-refractivity contribution in [2.24, 2.45) is 5.92 Å². The van der Waals surface area contributed by atoms with Gasteiger partial charge < -0.3 is 10.1 Å². The molecule has 0 saturated carbocycles. The van der Waals surface area contributed by atoms with E-state index in [-0.39, 0.29) is 11.9 Å². The lowest BCUT2D eigenvalue weighted by Crippen LogP contribution is -2.35. The van der Waals surface area contributed by atoms with Crippen LogP contribution in [0.15, 0.2) is 18.2 Å². The average molecular weight is 195 g/mol. The van der Waals surface area contributed by atoms with Gasteiger partial charge in [0.25, 0.3) is 0 Å². The molecule has 0 saturated heterocycles. The molecule has 1 unspecified atom stereocenters. The molecule has 0 aromatic heterocycles. The van der Waals surface area contributed by atoms with Crippen LogP contribution in [0.3, 0.4) is 0 Å². The standard InChI is InChI=1S/C11H14FNO/c1-7(2)10-6-14-11-8(12)4-3-5-9(11)13-10/h3-5,7,10,13H,6H2,1-2H3. The summed E-state index contributed by atoms with van der Waals surface area (Å²) in [6.07, 6.45) is 0. The zero-order chi connectivity index (χ0) is 10.1. The van der Waals surface area contributed by atoms with Crippen LogP contribution in [0.5, 0.6) is 5.75 Å². The van der Waals surface area contributed by atoms with Gasteiger partial charge >= 0.3 is 0 Å². The molecule has 0 spiro atoms. The largest absolute Gasteiger partial charge is 0.486 e. The summed E-state index contributed by atoms with van der Waals surface area (Å²) in [7, 11) is 0. The first kappa shape index (κ1) is 9.31. The maximum Gasteiger partial charge on any atom is 0.178 e. The van der Waals surface area contributed by atoms with Crippen molar-refractivity contribution in [3.05, 3.63) is 24.0 Å². The van der Waals surface area contributed by atoms with Gasteiger partial charge in [0.05, 0.1) is 11.7 Å². The molecule has 3 heteroatoms. The average Bonchev–Trinajstić information content (AvgIpc) is 2.17. The third-order valence-electron chi connectivity index (χ3n) is 2.52. The van der Waals surface area contributed by atoms with E-state index >= 15 is 0 Å². The Kier molecular flexibility index (Phi) is 2.32. The Hall–Kier alpha value is -1.25. The van der Waals surface area contributed by atoms with Crippen molar-refractivity contribution in [2.75, 3.05) is 11.9 Å². The molecule has 76 valence electrons. The van der Waals surface area contributed by atoms with E-state index in [2.05, 4.69) is 19.2 Å². The highest BCUT2D eigenvalue weighted by molar-refractivity contribution is 5.59. The summed E-state index contributed by atoms with van der Waals surface area (Å²) in [5.41, 5.74) is 0.759. The van der Waals surface area contributed by atoms with Crippen molar-refractivity contribution >= 4 is 5.69 Å². The number of fused-ring (bicyclic) bond motifs is 1. The molecule has 1 atom stereocenters. The first-order chi connectivity index (χ1) is 6.68. The minimum Gasteiger partial charge on any atom is -0.486 e. The van der Waals surface area contributed by atoms with Crippen LogP contribution in [0.4, 0.5) is 10.1 Å². The van der Waals surface area contributed by atoms with Crippen LogP contribution in [0.1, 0.15) is 13.8 Å². The molecule has 2 nitrogen and oxygen atoms in total. The van der Waals surface area contributed by atoms with Crippen LogP contribution >= 0.6 is 0 Å². The molecular weight excluding hydrogens is 181 g/mol. The van der Waals surface area contributed by atoms with Crippen molar-refractivity contribution in [3.8, 4) is 5.75 Å². The van der Waals surface area contributed by atoms with E-state index in [0.717, 1.165) is 5.69 Å².